The third kappa shape index (κ3) is 3.66. The fraction of sp³-hybridized carbons (Fsp3) is 0.235. The van der Waals surface area contributed by atoms with Gasteiger partial charge in [-0.1, -0.05) is 44.2 Å². The largest absolute Gasteiger partial charge is 0.348 e. The van der Waals surface area contributed by atoms with Crippen LogP contribution in [0.3, 0.4) is 0 Å². The van der Waals surface area contributed by atoms with Crippen molar-refractivity contribution in [1.82, 2.24) is 5.32 Å². The molecule has 4 heteroatoms. The Morgan fingerprint density at radius 3 is 2.38 bits per heavy atom. The molecular formula is C17H17F2NO. The summed E-state index contributed by atoms with van der Waals surface area (Å²) in [5.74, 6) is -2.33. The van der Waals surface area contributed by atoms with Crippen LogP contribution in [0.5, 0.6) is 0 Å². The summed E-state index contributed by atoms with van der Waals surface area (Å²) >= 11 is 0. The van der Waals surface area contributed by atoms with Gasteiger partial charge in [0.1, 0.15) is 0 Å². The van der Waals surface area contributed by atoms with Crippen molar-refractivity contribution in [3.8, 4) is 0 Å². The van der Waals surface area contributed by atoms with Crippen molar-refractivity contribution >= 4 is 5.91 Å². The average Bonchev–Trinajstić information content (AvgIpc) is 2.48. The van der Waals surface area contributed by atoms with Crippen molar-refractivity contribution in [3.05, 3.63) is 70.8 Å². The predicted octanol–water partition coefficient (Wildman–Crippen LogP) is 4.02. The SMILES string of the molecule is CC(C)c1ccc(CNC(=O)c2cccc(F)c2F)cc1. The van der Waals surface area contributed by atoms with Gasteiger partial charge in [0.05, 0.1) is 5.56 Å². The molecule has 0 aliphatic carbocycles. The molecule has 0 saturated heterocycles. The van der Waals surface area contributed by atoms with Gasteiger partial charge in [0.25, 0.3) is 5.91 Å². The summed E-state index contributed by atoms with van der Waals surface area (Å²) in [6.07, 6.45) is 0. The van der Waals surface area contributed by atoms with E-state index in [9.17, 15) is 13.6 Å². The van der Waals surface area contributed by atoms with Crippen LogP contribution in [-0.4, -0.2) is 5.91 Å². The van der Waals surface area contributed by atoms with Gasteiger partial charge < -0.3 is 5.32 Å². The highest BCUT2D eigenvalue weighted by Crippen LogP contribution is 2.15. The van der Waals surface area contributed by atoms with Crippen LogP contribution in [0, 0.1) is 11.6 Å². The van der Waals surface area contributed by atoms with Gasteiger partial charge >= 0.3 is 0 Å². The van der Waals surface area contributed by atoms with Crippen LogP contribution in [0.2, 0.25) is 0 Å². The Morgan fingerprint density at radius 2 is 1.76 bits per heavy atom. The maximum absolute atomic E-state index is 13.5. The minimum Gasteiger partial charge on any atom is -0.348 e. The van der Waals surface area contributed by atoms with Gasteiger partial charge in [-0.3, -0.25) is 4.79 Å². The summed E-state index contributed by atoms with van der Waals surface area (Å²) in [5, 5.41) is 2.59. The highest BCUT2D eigenvalue weighted by atomic mass is 19.2. The highest BCUT2D eigenvalue weighted by Gasteiger charge is 2.14. The second kappa shape index (κ2) is 6.48. The number of carbonyl (C=O) groups is 1. The molecule has 0 aliphatic rings. The van der Waals surface area contributed by atoms with Crippen molar-refractivity contribution in [2.75, 3.05) is 0 Å². The number of hydrogen-bond donors (Lipinski definition) is 1. The molecule has 0 heterocycles. The predicted molar refractivity (Wildman–Crippen MR) is 78.1 cm³/mol. The normalized spacial score (nSPS) is 10.7. The zero-order chi connectivity index (χ0) is 15.4. The maximum Gasteiger partial charge on any atom is 0.254 e. The smallest absolute Gasteiger partial charge is 0.254 e. The fourth-order valence-electron chi connectivity index (χ4n) is 1.98. The Balaban J connectivity index is 2.02. The molecule has 0 aliphatic heterocycles. The summed E-state index contributed by atoms with van der Waals surface area (Å²) in [6, 6.07) is 11.4. The summed E-state index contributed by atoms with van der Waals surface area (Å²) in [6.45, 7) is 4.47. The lowest BCUT2D eigenvalue weighted by atomic mass is 10.0. The molecule has 2 nitrogen and oxygen atoms in total. The summed E-state index contributed by atoms with van der Waals surface area (Å²) < 4.78 is 26.6. The Morgan fingerprint density at radius 1 is 1.10 bits per heavy atom. The molecule has 0 bridgehead atoms. The standard InChI is InChI=1S/C17H17F2NO/c1-11(2)13-8-6-12(7-9-13)10-20-17(21)14-4-3-5-15(18)16(14)19/h3-9,11H,10H2,1-2H3,(H,20,21). The molecule has 0 spiro atoms. The molecule has 0 atom stereocenters. The topological polar surface area (TPSA) is 29.1 Å². The molecule has 0 radical (unpaired) electrons. The number of hydrogen-bond acceptors (Lipinski definition) is 1. The Labute approximate surface area is 122 Å². The fourth-order valence-corrected chi connectivity index (χ4v) is 1.98. The third-order valence-electron chi connectivity index (χ3n) is 3.30. The summed E-state index contributed by atoms with van der Waals surface area (Å²) in [5.41, 5.74) is 1.83. The molecule has 110 valence electrons. The number of rotatable bonds is 4. The van der Waals surface area contributed by atoms with Gasteiger partial charge in [-0.15, -0.1) is 0 Å². The molecule has 2 aromatic rings. The van der Waals surface area contributed by atoms with E-state index in [1.165, 1.54) is 17.7 Å². The van der Waals surface area contributed by atoms with Gasteiger partial charge in [0.15, 0.2) is 11.6 Å². The minimum absolute atomic E-state index is 0.271. The third-order valence-corrected chi connectivity index (χ3v) is 3.30. The van der Waals surface area contributed by atoms with E-state index >= 15 is 0 Å². The Hall–Kier alpha value is -2.23. The second-order valence-electron chi connectivity index (χ2n) is 5.18. The van der Waals surface area contributed by atoms with Crippen LogP contribution in [0.25, 0.3) is 0 Å². The van der Waals surface area contributed by atoms with E-state index in [2.05, 4.69) is 19.2 Å². The van der Waals surface area contributed by atoms with Gasteiger partial charge in [0, 0.05) is 6.54 Å². The van der Waals surface area contributed by atoms with E-state index in [0.717, 1.165) is 11.6 Å². The summed E-state index contributed by atoms with van der Waals surface area (Å²) in [7, 11) is 0. The molecule has 0 saturated carbocycles. The zero-order valence-electron chi connectivity index (χ0n) is 12.0. The molecule has 0 unspecified atom stereocenters. The molecule has 21 heavy (non-hydrogen) atoms. The van der Waals surface area contributed by atoms with E-state index in [-0.39, 0.29) is 12.1 Å². The van der Waals surface area contributed by atoms with E-state index < -0.39 is 17.5 Å². The first kappa shape index (κ1) is 15.2. The van der Waals surface area contributed by atoms with E-state index in [1.54, 1.807) is 0 Å². The first-order chi connectivity index (χ1) is 9.99. The number of halogens is 2. The second-order valence-corrected chi connectivity index (χ2v) is 5.18. The van der Waals surface area contributed by atoms with Crippen LogP contribution in [-0.2, 0) is 6.54 Å². The Bertz CT molecular complexity index is 636. The van der Waals surface area contributed by atoms with Crippen LogP contribution in [0.4, 0.5) is 8.78 Å². The van der Waals surface area contributed by atoms with Crippen LogP contribution >= 0.6 is 0 Å². The lowest BCUT2D eigenvalue weighted by molar-refractivity contribution is 0.0946. The molecule has 0 aromatic heterocycles. The number of benzene rings is 2. The number of nitrogens with one attached hydrogen (secondary N) is 1. The first-order valence-corrected chi connectivity index (χ1v) is 6.80. The monoisotopic (exact) mass is 289 g/mol. The summed E-state index contributed by atoms with van der Waals surface area (Å²) in [4.78, 5) is 11.8. The number of carbonyl (C=O) groups excluding carboxylic acids is 1. The van der Waals surface area contributed by atoms with Gasteiger partial charge in [0.2, 0.25) is 0 Å². The lowest BCUT2D eigenvalue weighted by Crippen LogP contribution is -2.24. The van der Waals surface area contributed by atoms with Crippen molar-refractivity contribution < 1.29 is 13.6 Å². The maximum atomic E-state index is 13.5. The van der Waals surface area contributed by atoms with Gasteiger partial charge in [-0.05, 0) is 29.2 Å². The molecule has 2 aromatic carbocycles. The van der Waals surface area contributed by atoms with Crippen molar-refractivity contribution in [2.24, 2.45) is 0 Å². The lowest BCUT2D eigenvalue weighted by Gasteiger charge is -2.09. The van der Waals surface area contributed by atoms with Crippen molar-refractivity contribution in [3.63, 3.8) is 0 Å². The van der Waals surface area contributed by atoms with Crippen molar-refractivity contribution in [1.29, 1.82) is 0 Å². The van der Waals surface area contributed by atoms with Crippen molar-refractivity contribution in [2.45, 2.75) is 26.3 Å². The van der Waals surface area contributed by atoms with Crippen LogP contribution in [0.1, 0.15) is 41.3 Å². The molecule has 1 amide bonds. The van der Waals surface area contributed by atoms with Gasteiger partial charge in [-0.2, -0.15) is 0 Å². The van der Waals surface area contributed by atoms with E-state index in [4.69, 9.17) is 0 Å². The molecular weight excluding hydrogens is 272 g/mol. The van der Waals surface area contributed by atoms with Crippen LogP contribution < -0.4 is 5.32 Å². The highest BCUT2D eigenvalue weighted by molar-refractivity contribution is 5.94. The zero-order valence-corrected chi connectivity index (χ0v) is 12.0. The van der Waals surface area contributed by atoms with Crippen LogP contribution in [0.15, 0.2) is 42.5 Å². The molecule has 2 rings (SSSR count). The average molecular weight is 289 g/mol. The van der Waals surface area contributed by atoms with E-state index in [1.807, 2.05) is 24.3 Å². The minimum atomic E-state index is -1.12. The Kier molecular flexibility index (Phi) is 4.68. The number of amides is 1. The quantitative estimate of drug-likeness (QED) is 0.905. The molecule has 0 fully saturated rings. The van der Waals surface area contributed by atoms with Gasteiger partial charge in [-0.25, -0.2) is 8.78 Å². The first-order valence-electron chi connectivity index (χ1n) is 6.80. The molecule has 1 N–H and O–H groups in total. The van der Waals surface area contributed by atoms with E-state index in [0.29, 0.717) is 5.92 Å².